The summed E-state index contributed by atoms with van der Waals surface area (Å²) < 4.78 is 6.15. The van der Waals surface area contributed by atoms with E-state index in [9.17, 15) is 9.59 Å². The van der Waals surface area contributed by atoms with Gasteiger partial charge >= 0.3 is 6.03 Å². The van der Waals surface area contributed by atoms with Gasteiger partial charge in [0.05, 0.1) is 0 Å². The van der Waals surface area contributed by atoms with Crippen molar-refractivity contribution in [2.45, 2.75) is 44.2 Å². The molecule has 9 heteroatoms. The average Bonchev–Trinajstić information content (AvgIpc) is 3.47. The van der Waals surface area contributed by atoms with Crippen LogP contribution >= 0.6 is 11.6 Å². The lowest BCUT2D eigenvalue weighted by atomic mass is 9.88. The third-order valence-corrected chi connectivity index (χ3v) is 9.34. The molecule has 2 aliphatic heterocycles. The van der Waals surface area contributed by atoms with Crippen molar-refractivity contribution in [3.63, 3.8) is 0 Å². The molecule has 0 aliphatic carbocycles. The summed E-state index contributed by atoms with van der Waals surface area (Å²) in [5.74, 6) is 0.671. The zero-order valence-electron chi connectivity index (χ0n) is 26.2. The summed E-state index contributed by atoms with van der Waals surface area (Å²) in [7, 11) is 4.10. The van der Waals surface area contributed by atoms with Crippen molar-refractivity contribution in [2.75, 3.05) is 45.2 Å². The SMILES string of the molecule is C[C@H](c1c[nH]c2ccccc12)[C@@H](NC(=O)N1CCC(Oc2ccccc2)CC1)C(=O)N1C[C@@H](CN(C)C)Cc2cc(Cl)ccc21. The summed E-state index contributed by atoms with van der Waals surface area (Å²) in [6.07, 6.45) is 4.31. The first-order chi connectivity index (χ1) is 21.8. The first kappa shape index (κ1) is 31.0. The zero-order chi connectivity index (χ0) is 31.5. The maximum atomic E-state index is 14.7. The van der Waals surface area contributed by atoms with Crippen LogP contribution in [0, 0.1) is 5.92 Å². The van der Waals surface area contributed by atoms with Gasteiger partial charge in [-0.05, 0) is 74.0 Å². The molecule has 0 radical (unpaired) electrons. The second-order valence-electron chi connectivity index (χ2n) is 12.7. The maximum absolute atomic E-state index is 14.7. The van der Waals surface area contributed by atoms with Crippen LogP contribution in [0.4, 0.5) is 10.5 Å². The summed E-state index contributed by atoms with van der Waals surface area (Å²) >= 11 is 6.42. The van der Waals surface area contributed by atoms with Gasteiger partial charge in [0.15, 0.2) is 0 Å². The molecule has 0 saturated carbocycles. The van der Waals surface area contributed by atoms with Gasteiger partial charge < -0.3 is 29.7 Å². The summed E-state index contributed by atoms with van der Waals surface area (Å²) in [4.78, 5) is 37.8. The number of anilines is 1. The lowest BCUT2D eigenvalue weighted by Gasteiger charge is -2.39. The number of hydrogen-bond acceptors (Lipinski definition) is 4. The second-order valence-corrected chi connectivity index (χ2v) is 13.1. The number of aromatic nitrogens is 1. The molecule has 0 spiro atoms. The number of ether oxygens (including phenoxy) is 1. The zero-order valence-corrected chi connectivity index (χ0v) is 27.0. The third kappa shape index (κ3) is 6.97. The molecule has 8 nitrogen and oxygen atoms in total. The van der Waals surface area contributed by atoms with Gasteiger partial charge in [0, 0.05) is 72.7 Å². The van der Waals surface area contributed by atoms with E-state index in [1.165, 1.54) is 0 Å². The Morgan fingerprint density at radius 1 is 1.04 bits per heavy atom. The van der Waals surface area contributed by atoms with E-state index in [-0.39, 0.29) is 29.9 Å². The first-order valence-electron chi connectivity index (χ1n) is 15.8. The second kappa shape index (κ2) is 13.5. The van der Waals surface area contributed by atoms with E-state index >= 15 is 0 Å². The van der Waals surface area contributed by atoms with Crippen molar-refractivity contribution in [2.24, 2.45) is 5.92 Å². The van der Waals surface area contributed by atoms with Gasteiger partial charge in [-0.3, -0.25) is 4.79 Å². The number of H-pyrrole nitrogens is 1. The number of aromatic amines is 1. The number of hydrogen-bond donors (Lipinski definition) is 2. The van der Waals surface area contributed by atoms with E-state index in [2.05, 4.69) is 35.4 Å². The predicted molar refractivity (Wildman–Crippen MR) is 180 cm³/mol. The standard InChI is InChI=1S/C36H42ClN5O3/c1-24(31-21-38-32-12-8-7-11-30(31)32)34(39-36(44)41-17-15-29(16-18-41)45-28-9-5-4-6-10-28)35(43)42-23-25(22-40(2)3)19-26-20-27(37)13-14-33(26)42/h4-14,20-21,24-25,29,34,38H,15-19,22-23H2,1-3H3,(H,39,44)/t24-,25-,34-/m1/s1. The molecule has 0 bridgehead atoms. The Kier molecular flexibility index (Phi) is 9.33. The largest absolute Gasteiger partial charge is 0.490 e. The number of likely N-dealkylation sites (tertiary alicyclic amines) is 1. The van der Waals surface area contributed by atoms with Gasteiger partial charge in [-0.15, -0.1) is 0 Å². The molecule has 45 heavy (non-hydrogen) atoms. The summed E-state index contributed by atoms with van der Waals surface area (Å²) in [5.41, 5.74) is 3.92. The van der Waals surface area contributed by atoms with E-state index in [1.54, 1.807) is 0 Å². The summed E-state index contributed by atoms with van der Waals surface area (Å²) in [6.45, 7) is 4.55. The van der Waals surface area contributed by atoms with Crippen LogP contribution in [0.15, 0.2) is 79.0 Å². The minimum atomic E-state index is -0.781. The van der Waals surface area contributed by atoms with Crippen LogP contribution in [-0.4, -0.2) is 79.1 Å². The molecular formula is C36H42ClN5O3. The van der Waals surface area contributed by atoms with Crippen LogP contribution < -0.4 is 15.0 Å². The normalized spacial score (nSPS) is 18.5. The number of para-hydroxylation sites is 2. The number of benzene rings is 3. The Morgan fingerprint density at radius 3 is 2.53 bits per heavy atom. The molecule has 2 aliphatic rings. The number of halogens is 1. The highest BCUT2D eigenvalue weighted by Crippen LogP contribution is 2.35. The van der Waals surface area contributed by atoms with Crippen molar-refractivity contribution in [3.05, 3.63) is 95.1 Å². The van der Waals surface area contributed by atoms with Crippen LogP contribution in [0.25, 0.3) is 10.9 Å². The van der Waals surface area contributed by atoms with Gasteiger partial charge in [0.25, 0.3) is 0 Å². The lowest BCUT2D eigenvalue weighted by molar-refractivity contribution is -0.121. The minimum absolute atomic E-state index is 0.0457. The number of urea groups is 1. The highest BCUT2D eigenvalue weighted by molar-refractivity contribution is 6.30. The highest BCUT2D eigenvalue weighted by atomic mass is 35.5. The molecule has 3 atom stereocenters. The third-order valence-electron chi connectivity index (χ3n) is 9.10. The van der Waals surface area contributed by atoms with Crippen molar-refractivity contribution in [1.29, 1.82) is 0 Å². The van der Waals surface area contributed by atoms with E-state index in [4.69, 9.17) is 16.3 Å². The smallest absolute Gasteiger partial charge is 0.318 e. The van der Waals surface area contributed by atoms with Crippen molar-refractivity contribution >= 4 is 40.1 Å². The summed E-state index contributed by atoms with van der Waals surface area (Å²) in [5, 5.41) is 4.91. The van der Waals surface area contributed by atoms with Crippen molar-refractivity contribution in [3.8, 4) is 5.75 Å². The fourth-order valence-electron chi connectivity index (χ4n) is 6.87. The van der Waals surface area contributed by atoms with E-state index in [0.717, 1.165) is 59.3 Å². The van der Waals surface area contributed by atoms with E-state index in [0.29, 0.717) is 24.7 Å². The Labute approximate surface area is 270 Å². The molecule has 3 amide bonds. The predicted octanol–water partition coefficient (Wildman–Crippen LogP) is 6.31. The molecule has 1 aromatic heterocycles. The van der Waals surface area contributed by atoms with Gasteiger partial charge in [-0.25, -0.2) is 4.79 Å². The molecule has 236 valence electrons. The molecule has 1 fully saturated rings. The number of nitrogens with zero attached hydrogens (tertiary/aromatic N) is 3. The molecule has 1 saturated heterocycles. The number of carbonyl (C=O) groups is 2. The Hall–Kier alpha value is -4.01. The average molecular weight is 628 g/mol. The molecule has 3 aromatic carbocycles. The summed E-state index contributed by atoms with van der Waals surface area (Å²) in [6, 6.07) is 22.6. The van der Waals surface area contributed by atoms with Gasteiger partial charge in [0.1, 0.15) is 17.9 Å². The number of carbonyl (C=O) groups excluding carboxylic acids is 2. The molecule has 0 unspecified atom stereocenters. The quantitative estimate of drug-likeness (QED) is 0.240. The van der Waals surface area contributed by atoms with Crippen LogP contribution in [0.1, 0.15) is 36.8 Å². The van der Waals surface area contributed by atoms with E-state index in [1.807, 2.05) is 89.7 Å². The van der Waals surface area contributed by atoms with Gasteiger partial charge in [0.2, 0.25) is 5.91 Å². The van der Waals surface area contributed by atoms with Gasteiger partial charge in [-0.1, -0.05) is 54.9 Å². The minimum Gasteiger partial charge on any atom is -0.490 e. The van der Waals surface area contributed by atoms with E-state index < -0.39 is 6.04 Å². The van der Waals surface area contributed by atoms with Crippen molar-refractivity contribution < 1.29 is 14.3 Å². The number of rotatable bonds is 8. The van der Waals surface area contributed by atoms with Crippen LogP contribution in [0.3, 0.4) is 0 Å². The number of piperidine rings is 1. The van der Waals surface area contributed by atoms with Crippen molar-refractivity contribution in [1.82, 2.24) is 20.1 Å². The number of nitrogens with one attached hydrogen (secondary N) is 2. The Bertz CT molecular complexity index is 1630. The van der Waals surface area contributed by atoms with Crippen LogP contribution in [0.5, 0.6) is 5.75 Å². The van der Waals surface area contributed by atoms with Crippen LogP contribution in [0.2, 0.25) is 5.02 Å². The number of amides is 3. The molecular weight excluding hydrogens is 586 g/mol. The molecule has 3 heterocycles. The molecule has 4 aromatic rings. The molecule has 6 rings (SSSR count). The fourth-order valence-corrected chi connectivity index (χ4v) is 7.07. The monoisotopic (exact) mass is 627 g/mol. The maximum Gasteiger partial charge on any atom is 0.318 e. The Morgan fingerprint density at radius 2 is 1.78 bits per heavy atom. The first-order valence-corrected chi connectivity index (χ1v) is 16.2. The highest BCUT2D eigenvalue weighted by Gasteiger charge is 2.38. The fraction of sp³-hybridized carbons (Fsp3) is 0.389. The lowest BCUT2D eigenvalue weighted by Crippen LogP contribution is -2.57. The Balaban J connectivity index is 1.26. The van der Waals surface area contributed by atoms with Crippen LogP contribution in [-0.2, 0) is 11.2 Å². The topological polar surface area (TPSA) is 80.9 Å². The van der Waals surface area contributed by atoms with Gasteiger partial charge in [-0.2, -0.15) is 0 Å². The molecule has 2 N–H and O–H groups in total. The number of fused-ring (bicyclic) bond motifs is 2.